The normalized spacial score (nSPS) is 21.9. The second kappa shape index (κ2) is 4.23. The maximum absolute atomic E-state index is 11.6. The molecule has 1 fully saturated rings. The number of H-pyrrole nitrogens is 1. The number of amides is 1. The van der Waals surface area contributed by atoms with Crippen LogP contribution in [0.15, 0.2) is 12.3 Å². The summed E-state index contributed by atoms with van der Waals surface area (Å²) in [6.07, 6.45) is 3.47. The minimum Gasteiger partial charge on any atom is -0.381 e. The maximum atomic E-state index is 11.6. The van der Waals surface area contributed by atoms with Crippen molar-refractivity contribution in [2.24, 2.45) is 5.92 Å². The molecule has 1 aliphatic rings. The van der Waals surface area contributed by atoms with Crippen LogP contribution in [0, 0.1) is 5.92 Å². The average Bonchev–Trinajstić information content (AvgIpc) is 2.72. The first-order chi connectivity index (χ1) is 6.86. The Bertz CT molecular complexity index is 291. The van der Waals surface area contributed by atoms with Crippen LogP contribution >= 0.6 is 0 Å². The number of rotatable bonds is 2. The number of aromatic nitrogens is 2. The number of ether oxygens (including phenoxy) is 1. The zero-order valence-corrected chi connectivity index (χ0v) is 7.82. The standard InChI is InChI=1S/C9H13N3O2/c13-9(7-2-1-5-14-6-7)11-8-3-4-10-12-8/h3-4,7H,1-2,5-6H2,(H2,10,11,12,13). The van der Waals surface area contributed by atoms with Gasteiger partial charge in [-0.2, -0.15) is 5.10 Å². The lowest BCUT2D eigenvalue weighted by Crippen LogP contribution is -2.30. The molecule has 5 nitrogen and oxygen atoms in total. The molecule has 14 heavy (non-hydrogen) atoms. The third kappa shape index (κ3) is 2.11. The van der Waals surface area contributed by atoms with Gasteiger partial charge < -0.3 is 10.1 Å². The zero-order chi connectivity index (χ0) is 9.80. The predicted octanol–water partition coefficient (Wildman–Crippen LogP) is 0.775. The summed E-state index contributed by atoms with van der Waals surface area (Å²) < 4.78 is 5.24. The fourth-order valence-electron chi connectivity index (χ4n) is 1.51. The molecule has 2 N–H and O–H groups in total. The van der Waals surface area contributed by atoms with E-state index in [1.807, 2.05) is 0 Å². The molecule has 1 atom stereocenters. The smallest absolute Gasteiger partial charge is 0.230 e. The van der Waals surface area contributed by atoms with Gasteiger partial charge in [-0.15, -0.1) is 0 Å². The van der Waals surface area contributed by atoms with Gasteiger partial charge in [-0.05, 0) is 12.8 Å². The minimum absolute atomic E-state index is 0.00829. The van der Waals surface area contributed by atoms with E-state index in [0.29, 0.717) is 12.4 Å². The topological polar surface area (TPSA) is 67.0 Å². The number of nitrogens with one attached hydrogen (secondary N) is 2. The Morgan fingerprint density at radius 2 is 2.64 bits per heavy atom. The number of hydrogen-bond donors (Lipinski definition) is 2. The fourth-order valence-corrected chi connectivity index (χ4v) is 1.51. The Balaban J connectivity index is 1.88. The van der Waals surface area contributed by atoms with E-state index in [2.05, 4.69) is 15.5 Å². The number of nitrogens with zero attached hydrogens (tertiary/aromatic N) is 1. The second-order valence-electron chi connectivity index (χ2n) is 3.37. The van der Waals surface area contributed by atoms with Gasteiger partial charge in [0, 0.05) is 12.7 Å². The van der Waals surface area contributed by atoms with E-state index >= 15 is 0 Å². The van der Waals surface area contributed by atoms with Crippen LogP contribution in [0.2, 0.25) is 0 Å². The molecule has 1 aromatic rings. The molecule has 1 aromatic heterocycles. The summed E-state index contributed by atoms with van der Waals surface area (Å²) in [5.41, 5.74) is 0. The van der Waals surface area contributed by atoms with Crippen molar-refractivity contribution < 1.29 is 9.53 Å². The highest BCUT2D eigenvalue weighted by Gasteiger charge is 2.21. The number of carbonyl (C=O) groups excluding carboxylic acids is 1. The SMILES string of the molecule is O=C(Nc1ccn[nH]1)C1CCCOC1. The van der Waals surface area contributed by atoms with Crippen LogP contribution in [-0.2, 0) is 9.53 Å². The molecule has 2 heterocycles. The van der Waals surface area contributed by atoms with Gasteiger partial charge in [-0.25, -0.2) is 0 Å². The van der Waals surface area contributed by atoms with Crippen molar-refractivity contribution in [2.75, 3.05) is 18.5 Å². The molecule has 0 spiro atoms. The Hall–Kier alpha value is -1.36. The van der Waals surface area contributed by atoms with Crippen LogP contribution in [0.4, 0.5) is 5.82 Å². The fraction of sp³-hybridized carbons (Fsp3) is 0.556. The minimum atomic E-state index is -0.0213. The number of aromatic amines is 1. The van der Waals surface area contributed by atoms with E-state index < -0.39 is 0 Å². The van der Waals surface area contributed by atoms with Gasteiger partial charge in [0.05, 0.1) is 18.7 Å². The molecular formula is C9H13N3O2. The van der Waals surface area contributed by atoms with Crippen LogP contribution in [0.1, 0.15) is 12.8 Å². The summed E-state index contributed by atoms with van der Waals surface area (Å²) in [5.74, 6) is 0.626. The number of anilines is 1. The quantitative estimate of drug-likeness (QED) is 0.732. The van der Waals surface area contributed by atoms with E-state index in [-0.39, 0.29) is 11.8 Å². The first-order valence-electron chi connectivity index (χ1n) is 4.74. The van der Waals surface area contributed by atoms with Gasteiger partial charge in [-0.3, -0.25) is 9.89 Å². The molecule has 0 aliphatic carbocycles. The summed E-state index contributed by atoms with van der Waals surface area (Å²) in [6, 6.07) is 1.72. The van der Waals surface area contributed by atoms with Crippen molar-refractivity contribution in [3.63, 3.8) is 0 Å². The van der Waals surface area contributed by atoms with Crippen LogP contribution in [0.3, 0.4) is 0 Å². The van der Waals surface area contributed by atoms with Crippen molar-refractivity contribution in [1.29, 1.82) is 0 Å². The van der Waals surface area contributed by atoms with Gasteiger partial charge in [0.25, 0.3) is 0 Å². The zero-order valence-electron chi connectivity index (χ0n) is 7.82. The Morgan fingerprint density at radius 1 is 1.71 bits per heavy atom. The molecule has 0 saturated carbocycles. The summed E-state index contributed by atoms with van der Waals surface area (Å²) in [5, 5.41) is 9.19. The molecule has 0 radical (unpaired) electrons. The highest BCUT2D eigenvalue weighted by atomic mass is 16.5. The summed E-state index contributed by atoms with van der Waals surface area (Å²) >= 11 is 0. The largest absolute Gasteiger partial charge is 0.381 e. The predicted molar refractivity (Wildman–Crippen MR) is 50.8 cm³/mol. The molecule has 1 amide bonds. The summed E-state index contributed by atoms with van der Waals surface area (Å²) in [7, 11) is 0. The van der Waals surface area contributed by atoms with Crippen molar-refractivity contribution >= 4 is 11.7 Å². The lowest BCUT2D eigenvalue weighted by Gasteiger charge is -2.20. The lowest BCUT2D eigenvalue weighted by atomic mass is 10.0. The molecule has 5 heteroatoms. The van der Waals surface area contributed by atoms with Crippen LogP contribution < -0.4 is 5.32 Å². The monoisotopic (exact) mass is 195 g/mol. The Labute approximate surface area is 81.8 Å². The van der Waals surface area contributed by atoms with Crippen molar-refractivity contribution in [3.05, 3.63) is 12.3 Å². The maximum Gasteiger partial charge on any atom is 0.230 e. The van der Waals surface area contributed by atoms with Crippen molar-refractivity contribution in [3.8, 4) is 0 Å². The molecule has 2 rings (SSSR count). The second-order valence-corrected chi connectivity index (χ2v) is 3.37. The highest BCUT2D eigenvalue weighted by molar-refractivity contribution is 5.91. The average molecular weight is 195 g/mol. The highest BCUT2D eigenvalue weighted by Crippen LogP contribution is 2.15. The van der Waals surface area contributed by atoms with E-state index in [4.69, 9.17) is 4.74 Å². The molecule has 0 bridgehead atoms. The van der Waals surface area contributed by atoms with E-state index in [9.17, 15) is 4.79 Å². The van der Waals surface area contributed by atoms with Crippen molar-refractivity contribution in [1.82, 2.24) is 10.2 Å². The molecule has 1 unspecified atom stereocenters. The van der Waals surface area contributed by atoms with Gasteiger partial charge >= 0.3 is 0 Å². The van der Waals surface area contributed by atoms with Crippen LogP contribution in [0.5, 0.6) is 0 Å². The van der Waals surface area contributed by atoms with E-state index in [1.165, 1.54) is 0 Å². The molecular weight excluding hydrogens is 182 g/mol. The van der Waals surface area contributed by atoms with Crippen molar-refractivity contribution in [2.45, 2.75) is 12.8 Å². The summed E-state index contributed by atoms with van der Waals surface area (Å²) in [6.45, 7) is 1.30. The third-order valence-electron chi connectivity index (χ3n) is 2.29. The van der Waals surface area contributed by atoms with Crippen LogP contribution in [0.25, 0.3) is 0 Å². The third-order valence-corrected chi connectivity index (χ3v) is 2.29. The number of hydrogen-bond acceptors (Lipinski definition) is 3. The Kier molecular flexibility index (Phi) is 2.78. The van der Waals surface area contributed by atoms with Gasteiger partial charge in [0.15, 0.2) is 0 Å². The van der Waals surface area contributed by atoms with Crippen LogP contribution in [-0.4, -0.2) is 29.3 Å². The van der Waals surface area contributed by atoms with Gasteiger partial charge in [0.1, 0.15) is 5.82 Å². The van der Waals surface area contributed by atoms with Gasteiger partial charge in [-0.1, -0.05) is 0 Å². The molecule has 1 saturated heterocycles. The lowest BCUT2D eigenvalue weighted by molar-refractivity contribution is -0.123. The first kappa shape index (κ1) is 9.21. The van der Waals surface area contributed by atoms with E-state index in [1.54, 1.807) is 12.3 Å². The van der Waals surface area contributed by atoms with Gasteiger partial charge in [0.2, 0.25) is 5.91 Å². The number of carbonyl (C=O) groups is 1. The molecule has 1 aliphatic heterocycles. The molecule has 76 valence electrons. The van der Waals surface area contributed by atoms with E-state index in [0.717, 1.165) is 19.4 Å². The molecule has 0 aromatic carbocycles. The Morgan fingerprint density at radius 3 is 3.29 bits per heavy atom. The summed E-state index contributed by atoms with van der Waals surface area (Å²) in [4.78, 5) is 11.6. The first-order valence-corrected chi connectivity index (χ1v) is 4.74.